The van der Waals surface area contributed by atoms with Crippen molar-refractivity contribution < 1.29 is 19.2 Å². The highest BCUT2D eigenvalue weighted by molar-refractivity contribution is 6.39. The Hall–Kier alpha value is -3.55. The molecule has 1 saturated carbocycles. The molecule has 0 atom stereocenters. The summed E-state index contributed by atoms with van der Waals surface area (Å²) in [4.78, 5) is 44.2. The van der Waals surface area contributed by atoms with Crippen LogP contribution in [0.5, 0.6) is 0 Å². The number of urea groups is 1. The van der Waals surface area contributed by atoms with Gasteiger partial charge in [-0.3, -0.25) is 9.59 Å². The largest absolute Gasteiger partial charge is 0.338 e. The van der Waals surface area contributed by atoms with Gasteiger partial charge in [-0.05, 0) is 54.7 Å². The molecule has 3 aromatic rings. The van der Waals surface area contributed by atoms with Crippen LogP contribution >= 0.6 is 23.2 Å². The van der Waals surface area contributed by atoms with Gasteiger partial charge in [0.1, 0.15) is 0 Å². The Morgan fingerprint density at radius 1 is 0.868 bits per heavy atom. The van der Waals surface area contributed by atoms with E-state index in [0.29, 0.717) is 6.42 Å². The lowest BCUT2D eigenvalue weighted by Gasteiger charge is -2.32. The molecule has 4 rings (SSSR count). The van der Waals surface area contributed by atoms with Gasteiger partial charge in [0.2, 0.25) is 0 Å². The van der Waals surface area contributed by atoms with E-state index in [1.54, 1.807) is 30.3 Å². The number of hydrogen-bond donors (Lipinski definition) is 2. The Bertz CT molecular complexity index is 1290. The van der Waals surface area contributed by atoms with Crippen LogP contribution in [0.1, 0.15) is 60.5 Å². The van der Waals surface area contributed by atoms with E-state index in [2.05, 4.69) is 10.6 Å². The molecule has 1 aliphatic carbocycles. The van der Waals surface area contributed by atoms with Crippen molar-refractivity contribution >= 4 is 52.5 Å². The summed E-state index contributed by atoms with van der Waals surface area (Å²) in [6.07, 6.45) is 5.00. The van der Waals surface area contributed by atoms with Crippen LogP contribution < -0.4 is 10.6 Å². The number of nitrogens with one attached hydrogen (secondary N) is 2. The number of nitrogens with zero attached hydrogens (tertiary/aromatic N) is 1. The molecule has 7 nitrogen and oxygen atoms in total. The lowest BCUT2D eigenvalue weighted by Crippen LogP contribution is -2.43. The standard InChI is InChI=1S/C29H29Cl2N3O4/c1-19(35)38-34(22-11-6-3-7-12-22)28(36)23-18-21(17-20-9-4-2-5-10-20)15-16-26(23)32-29(37)33-27-24(30)13-8-14-25(27)31/h2,4-5,8-10,13-16,18,22H,3,6-7,11-12,17H2,1H3,(H2,32,33,37). The summed E-state index contributed by atoms with van der Waals surface area (Å²) in [5.41, 5.74) is 2.67. The molecule has 0 unspecified atom stereocenters. The molecule has 0 spiro atoms. The number of hydroxylamine groups is 2. The monoisotopic (exact) mass is 553 g/mol. The molecule has 38 heavy (non-hydrogen) atoms. The van der Waals surface area contributed by atoms with Crippen LogP contribution in [0.15, 0.2) is 66.7 Å². The normalized spacial score (nSPS) is 13.4. The van der Waals surface area contributed by atoms with Gasteiger partial charge in [0.25, 0.3) is 5.91 Å². The topological polar surface area (TPSA) is 87.7 Å². The number of halogens is 2. The quantitative estimate of drug-likeness (QED) is 0.309. The molecule has 0 aliphatic heterocycles. The molecule has 3 amide bonds. The fourth-order valence-corrected chi connectivity index (χ4v) is 5.05. The SMILES string of the molecule is CC(=O)ON(C(=O)c1cc(Cc2ccccc2)ccc1NC(=O)Nc1c(Cl)cccc1Cl)C1CCCCC1. The molecule has 1 aliphatic rings. The first-order valence-corrected chi connectivity index (χ1v) is 13.3. The zero-order valence-corrected chi connectivity index (χ0v) is 22.5. The van der Waals surface area contributed by atoms with Gasteiger partial charge in [0, 0.05) is 6.92 Å². The average molecular weight is 554 g/mol. The Morgan fingerprint density at radius 3 is 2.21 bits per heavy atom. The van der Waals surface area contributed by atoms with Gasteiger partial charge in [-0.2, -0.15) is 5.06 Å². The molecule has 0 aromatic heterocycles. The zero-order valence-electron chi connectivity index (χ0n) is 21.0. The number of carbonyl (C=O) groups excluding carboxylic acids is 3. The van der Waals surface area contributed by atoms with Crippen molar-refractivity contribution in [1.82, 2.24) is 5.06 Å². The van der Waals surface area contributed by atoms with E-state index in [0.717, 1.165) is 43.2 Å². The third-order valence-corrected chi connectivity index (χ3v) is 6.98. The first-order chi connectivity index (χ1) is 18.3. The summed E-state index contributed by atoms with van der Waals surface area (Å²) in [5, 5.41) is 7.12. The van der Waals surface area contributed by atoms with Crippen LogP contribution in [0, 0.1) is 0 Å². The maximum atomic E-state index is 13.9. The van der Waals surface area contributed by atoms with Gasteiger partial charge >= 0.3 is 12.0 Å². The molecule has 0 bridgehead atoms. The second-order valence-electron chi connectivity index (χ2n) is 9.22. The first-order valence-electron chi connectivity index (χ1n) is 12.5. The number of anilines is 2. The Kier molecular flexibility index (Phi) is 9.26. The van der Waals surface area contributed by atoms with Crippen LogP contribution in [0.4, 0.5) is 16.2 Å². The molecular formula is C29H29Cl2N3O4. The van der Waals surface area contributed by atoms with Crippen molar-refractivity contribution in [2.75, 3.05) is 10.6 Å². The van der Waals surface area contributed by atoms with Gasteiger partial charge in [0.05, 0.1) is 33.0 Å². The van der Waals surface area contributed by atoms with Crippen molar-refractivity contribution in [2.45, 2.75) is 51.5 Å². The van der Waals surface area contributed by atoms with Crippen molar-refractivity contribution in [3.8, 4) is 0 Å². The van der Waals surface area contributed by atoms with Gasteiger partial charge < -0.3 is 15.5 Å². The lowest BCUT2D eigenvalue weighted by molar-refractivity contribution is -0.185. The molecule has 0 saturated heterocycles. The van der Waals surface area contributed by atoms with E-state index >= 15 is 0 Å². The van der Waals surface area contributed by atoms with Crippen LogP contribution in [-0.2, 0) is 16.1 Å². The van der Waals surface area contributed by atoms with Gasteiger partial charge in [-0.15, -0.1) is 0 Å². The summed E-state index contributed by atoms with van der Waals surface area (Å²) < 4.78 is 0. The van der Waals surface area contributed by atoms with Crippen molar-refractivity contribution in [3.63, 3.8) is 0 Å². The third kappa shape index (κ3) is 7.05. The molecule has 0 radical (unpaired) electrons. The second kappa shape index (κ2) is 12.8. The van der Waals surface area contributed by atoms with E-state index < -0.39 is 17.9 Å². The minimum Gasteiger partial charge on any atom is -0.338 e. The molecule has 0 heterocycles. The summed E-state index contributed by atoms with van der Waals surface area (Å²) in [7, 11) is 0. The van der Waals surface area contributed by atoms with E-state index in [4.69, 9.17) is 28.0 Å². The predicted molar refractivity (Wildman–Crippen MR) is 150 cm³/mol. The fourth-order valence-electron chi connectivity index (χ4n) is 4.56. The number of benzene rings is 3. The molecule has 9 heteroatoms. The molecule has 2 N–H and O–H groups in total. The summed E-state index contributed by atoms with van der Waals surface area (Å²) in [6.45, 7) is 1.27. The Labute approximate surface area is 232 Å². The number of para-hydroxylation sites is 1. The van der Waals surface area contributed by atoms with Gasteiger partial charge in [-0.1, -0.05) is 84.9 Å². The Balaban J connectivity index is 1.66. The number of rotatable bonds is 6. The fraction of sp³-hybridized carbons (Fsp3) is 0.276. The minimum absolute atomic E-state index is 0.214. The summed E-state index contributed by atoms with van der Waals surface area (Å²) in [5.74, 6) is -1.07. The van der Waals surface area contributed by atoms with Crippen LogP contribution in [0.2, 0.25) is 10.0 Å². The number of carbonyl (C=O) groups is 3. The highest BCUT2D eigenvalue weighted by atomic mass is 35.5. The van der Waals surface area contributed by atoms with E-state index in [1.165, 1.54) is 12.0 Å². The predicted octanol–water partition coefficient (Wildman–Crippen LogP) is 7.48. The molecule has 3 aromatic carbocycles. The minimum atomic E-state index is -0.624. The third-order valence-electron chi connectivity index (χ3n) is 6.35. The van der Waals surface area contributed by atoms with Crippen LogP contribution in [0.3, 0.4) is 0 Å². The first kappa shape index (κ1) is 27.5. The average Bonchev–Trinajstić information content (AvgIpc) is 2.91. The smallest absolute Gasteiger partial charge is 0.329 e. The van der Waals surface area contributed by atoms with E-state index in [9.17, 15) is 14.4 Å². The highest BCUT2D eigenvalue weighted by Crippen LogP contribution is 2.31. The second-order valence-corrected chi connectivity index (χ2v) is 10.0. The maximum Gasteiger partial charge on any atom is 0.329 e. The van der Waals surface area contributed by atoms with Gasteiger partial charge in [0.15, 0.2) is 0 Å². The van der Waals surface area contributed by atoms with Crippen molar-refractivity contribution in [2.24, 2.45) is 0 Å². The van der Waals surface area contributed by atoms with E-state index in [1.807, 2.05) is 36.4 Å². The van der Waals surface area contributed by atoms with E-state index in [-0.39, 0.29) is 33.0 Å². The maximum absolute atomic E-state index is 13.9. The highest BCUT2D eigenvalue weighted by Gasteiger charge is 2.31. The van der Waals surface area contributed by atoms with Crippen LogP contribution in [-0.4, -0.2) is 29.0 Å². The molecule has 198 valence electrons. The molecule has 1 fully saturated rings. The van der Waals surface area contributed by atoms with Crippen molar-refractivity contribution in [3.05, 3.63) is 93.5 Å². The van der Waals surface area contributed by atoms with Crippen LogP contribution in [0.25, 0.3) is 0 Å². The Morgan fingerprint density at radius 2 is 1.55 bits per heavy atom. The number of hydrogen-bond acceptors (Lipinski definition) is 4. The van der Waals surface area contributed by atoms with Gasteiger partial charge in [-0.25, -0.2) is 4.79 Å². The zero-order chi connectivity index (χ0) is 27.1. The van der Waals surface area contributed by atoms with Crippen molar-refractivity contribution in [1.29, 1.82) is 0 Å². The summed E-state index contributed by atoms with van der Waals surface area (Å²) >= 11 is 12.4. The summed E-state index contributed by atoms with van der Waals surface area (Å²) in [6, 6.07) is 19.1. The number of amides is 3. The lowest BCUT2D eigenvalue weighted by atomic mass is 9.94. The molecular weight excluding hydrogens is 525 g/mol.